The number of methoxy groups -OCH3 is 2. The average Bonchev–Trinajstić information content (AvgIpc) is 3.30. The summed E-state index contributed by atoms with van der Waals surface area (Å²) in [6.07, 6.45) is -3.68. The van der Waals surface area contributed by atoms with Crippen molar-refractivity contribution in [2.75, 3.05) is 54.6 Å². The second kappa shape index (κ2) is 26.3. The first-order chi connectivity index (χ1) is 32.6. The van der Waals surface area contributed by atoms with Crippen LogP contribution >= 0.6 is 0 Å². The first-order valence-electron chi connectivity index (χ1n) is 25.5. The summed E-state index contributed by atoms with van der Waals surface area (Å²) in [5.41, 5.74) is -0.720. The number of esters is 1. The Morgan fingerprint density at radius 3 is 2.12 bits per heavy atom. The van der Waals surface area contributed by atoms with Crippen LogP contribution in [0.3, 0.4) is 0 Å². The molecule has 0 amide bonds. The van der Waals surface area contributed by atoms with Crippen LogP contribution in [0.5, 0.6) is 0 Å². The summed E-state index contributed by atoms with van der Waals surface area (Å²) < 4.78 is 55.7. The predicted octanol–water partition coefficient (Wildman–Crippen LogP) is 3.12. The number of cyclic esters (lactones) is 1. The van der Waals surface area contributed by atoms with Gasteiger partial charge in [0.15, 0.2) is 24.7 Å². The molecule has 0 saturated carbocycles. The van der Waals surface area contributed by atoms with E-state index in [0.717, 1.165) is 38.0 Å². The van der Waals surface area contributed by atoms with Gasteiger partial charge in [0.05, 0.1) is 55.2 Å². The van der Waals surface area contributed by atoms with Crippen LogP contribution in [0.4, 0.5) is 0 Å². The maximum Gasteiger partial charge on any atom is 0.308 e. The van der Waals surface area contributed by atoms with Crippen molar-refractivity contribution in [1.29, 1.82) is 0 Å². The van der Waals surface area contributed by atoms with E-state index < -0.39 is 127 Å². The average molecular weight is 985 g/mol. The molecule has 0 spiro atoms. The van der Waals surface area contributed by atoms with Crippen LogP contribution in [0, 0.1) is 23.7 Å². The van der Waals surface area contributed by atoms with Crippen LogP contribution < -0.4 is 0 Å². The zero-order valence-corrected chi connectivity index (χ0v) is 43.4. The minimum absolute atomic E-state index is 0.00347. The maximum atomic E-state index is 14.1. The van der Waals surface area contributed by atoms with Gasteiger partial charge in [-0.1, -0.05) is 44.9 Å². The van der Waals surface area contributed by atoms with Gasteiger partial charge in [-0.15, -0.1) is 0 Å². The first-order valence-corrected chi connectivity index (χ1v) is 25.5. The highest BCUT2D eigenvalue weighted by molar-refractivity contribution is 5.91. The second-order valence-corrected chi connectivity index (χ2v) is 21.0. The molecule has 5 heterocycles. The van der Waals surface area contributed by atoms with Crippen molar-refractivity contribution in [3.8, 4) is 0 Å². The molecule has 5 aliphatic heterocycles. The molecular weight excluding hydrogens is 897 g/mol. The number of likely N-dealkylation sites (N-methyl/N-ethyl adjacent to an activating group) is 1. The Balaban J connectivity index is 1.44. The number of hydrogen-bond donors (Lipinski definition) is 5. The second-order valence-electron chi connectivity index (χ2n) is 21.0. The normalized spacial score (nSPS) is 45.2. The Bertz CT molecular complexity index is 1660. The van der Waals surface area contributed by atoms with Gasteiger partial charge in [-0.3, -0.25) is 9.59 Å². The number of carbonyl (C=O) groups excluding carboxylic acids is 2. The van der Waals surface area contributed by atoms with E-state index in [2.05, 4.69) is 4.90 Å². The standard InChI is InChI=1S/C51H88N2O16/c1-13-38-35(27-63-50-47(62-12)46(61-11)42(57)31(5)65-50)23-28(2)17-18-36(54)29(3)24-34(19-22-53-20-15-14-16-21-53)44(30(4)37(55)25-39(56)67-38)69-49-43(58)41(52(9)10)45(32(6)66-49)68-40-26-51(8,60)48(59)33(7)64-40/h17-18,23,29-35,37-38,40-50,55,57-60H,13-16,19-22,24-27H2,1-12H3/b18-17-,28-23-/t29-,30+,31-,32-,33+,34+,35-,37-,38-,40+,41-,42-,43-,44-,45-,46?,47?,48+,49+,50-,51-/m1/s1. The van der Waals surface area contributed by atoms with E-state index in [1.165, 1.54) is 27.6 Å². The first kappa shape index (κ1) is 57.9. The summed E-state index contributed by atoms with van der Waals surface area (Å²) in [6.45, 7) is 16.9. The molecule has 0 bridgehead atoms. The van der Waals surface area contributed by atoms with Gasteiger partial charge >= 0.3 is 5.97 Å². The third-order valence-corrected chi connectivity index (χ3v) is 15.3. The molecule has 0 aliphatic carbocycles. The quantitative estimate of drug-likeness (QED) is 0.158. The van der Waals surface area contributed by atoms with Crippen LogP contribution in [-0.4, -0.2) is 205 Å². The molecule has 18 nitrogen and oxygen atoms in total. The molecular formula is C51H88N2O16. The summed E-state index contributed by atoms with van der Waals surface area (Å²) in [7, 11) is 6.60. The number of carbonyl (C=O) groups is 2. The zero-order valence-electron chi connectivity index (χ0n) is 43.4. The largest absolute Gasteiger partial charge is 0.462 e. The lowest BCUT2D eigenvalue weighted by atomic mass is 9.79. The highest BCUT2D eigenvalue weighted by Gasteiger charge is 2.52. The lowest BCUT2D eigenvalue weighted by molar-refractivity contribution is -0.342. The summed E-state index contributed by atoms with van der Waals surface area (Å²) in [5, 5.41) is 56.6. The highest BCUT2D eigenvalue weighted by atomic mass is 16.7. The van der Waals surface area contributed by atoms with Crippen LogP contribution in [-0.2, 0) is 52.2 Å². The number of allylic oxidation sites excluding steroid dienone is 3. The smallest absolute Gasteiger partial charge is 0.308 e. The van der Waals surface area contributed by atoms with Gasteiger partial charge < -0.3 is 78.0 Å². The summed E-state index contributed by atoms with van der Waals surface area (Å²) >= 11 is 0. The molecule has 21 atom stereocenters. The molecule has 69 heavy (non-hydrogen) atoms. The topological polar surface area (TPSA) is 225 Å². The summed E-state index contributed by atoms with van der Waals surface area (Å²) in [4.78, 5) is 32.4. The van der Waals surface area contributed by atoms with E-state index in [1.807, 2.05) is 59.7 Å². The van der Waals surface area contributed by atoms with Gasteiger partial charge in [0, 0.05) is 38.4 Å². The minimum atomic E-state index is -1.47. The fourth-order valence-electron chi connectivity index (χ4n) is 11.0. The van der Waals surface area contributed by atoms with Crippen molar-refractivity contribution < 1.29 is 77.8 Å². The fraction of sp³-hybridized carbons (Fsp3) is 0.882. The van der Waals surface area contributed by atoms with Gasteiger partial charge in [0.2, 0.25) is 0 Å². The number of likely N-dealkylation sites (tertiary alicyclic amines) is 1. The van der Waals surface area contributed by atoms with Crippen molar-refractivity contribution in [2.45, 2.75) is 211 Å². The van der Waals surface area contributed by atoms with E-state index in [1.54, 1.807) is 26.0 Å². The van der Waals surface area contributed by atoms with Crippen LogP contribution in [0.1, 0.15) is 107 Å². The monoisotopic (exact) mass is 985 g/mol. The molecule has 0 aromatic heterocycles. The van der Waals surface area contributed by atoms with Crippen molar-refractivity contribution in [3.63, 3.8) is 0 Å². The number of nitrogens with zero attached hydrogens (tertiary/aromatic N) is 2. The number of hydrogen-bond acceptors (Lipinski definition) is 18. The van der Waals surface area contributed by atoms with Gasteiger partial charge in [-0.25, -0.2) is 0 Å². The Kier molecular flexibility index (Phi) is 22.1. The number of rotatable bonds is 14. The Labute approximate surface area is 410 Å². The van der Waals surface area contributed by atoms with Crippen molar-refractivity contribution in [1.82, 2.24) is 9.80 Å². The number of aliphatic hydroxyl groups is 5. The van der Waals surface area contributed by atoms with E-state index in [-0.39, 0.29) is 31.1 Å². The zero-order chi connectivity index (χ0) is 50.9. The molecule has 0 radical (unpaired) electrons. The van der Waals surface area contributed by atoms with Gasteiger partial charge in [0.1, 0.15) is 42.7 Å². The number of aliphatic hydroxyl groups excluding tert-OH is 4. The Hall–Kier alpha value is -1.98. The van der Waals surface area contributed by atoms with Crippen LogP contribution in [0.15, 0.2) is 23.8 Å². The summed E-state index contributed by atoms with van der Waals surface area (Å²) in [6, 6.07) is -0.686. The van der Waals surface area contributed by atoms with Crippen LogP contribution in [0.2, 0.25) is 0 Å². The van der Waals surface area contributed by atoms with Gasteiger partial charge in [-0.2, -0.15) is 0 Å². The Morgan fingerprint density at radius 1 is 0.826 bits per heavy atom. The molecule has 5 aliphatic rings. The predicted molar refractivity (Wildman–Crippen MR) is 255 cm³/mol. The lowest BCUT2D eigenvalue weighted by Crippen LogP contribution is -2.65. The third-order valence-electron chi connectivity index (χ3n) is 15.3. The van der Waals surface area contributed by atoms with Crippen molar-refractivity contribution in [3.05, 3.63) is 23.8 Å². The number of ketones is 1. The number of piperidine rings is 1. The maximum absolute atomic E-state index is 14.1. The van der Waals surface area contributed by atoms with Crippen LogP contribution in [0.25, 0.3) is 0 Å². The fourth-order valence-corrected chi connectivity index (χ4v) is 11.0. The molecule has 2 unspecified atom stereocenters. The Morgan fingerprint density at radius 2 is 1.49 bits per heavy atom. The van der Waals surface area contributed by atoms with E-state index in [9.17, 15) is 35.1 Å². The minimum Gasteiger partial charge on any atom is -0.462 e. The molecule has 4 fully saturated rings. The van der Waals surface area contributed by atoms with Gasteiger partial charge in [0.25, 0.3) is 0 Å². The molecule has 0 aromatic carbocycles. The number of ether oxygens (including phenoxy) is 9. The molecule has 5 rings (SSSR count). The van der Waals surface area contributed by atoms with E-state index in [4.69, 9.17) is 42.6 Å². The van der Waals surface area contributed by atoms with E-state index >= 15 is 0 Å². The molecule has 0 aromatic rings. The molecule has 398 valence electrons. The lowest BCUT2D eigenvalue weighted by Gasteiger charge is -2.50. The SMILES string of the molecule is CC[C@H]1OC(=O)C[C@@H](O)[C@H](C)[C@@H](O[C@@H]2O[C@H](C)[C@@H](O[C@H]3C[C@@](C)(O)[C@@H](O)[C@H](C)O3)[C@H](N(C)C)[C@H]2O)[C@@H](CCN2CCCCC2)C[C@@H](C)C(=O)/C=C\C(C)=C/[C@@H]1CO[C@@H]1O[C@H](C)[C@@H](O)C(OC)C1OC. The van der Waals surface area contributed by atoms with Crippen molar-refractivity contribution in [2.24, 2.45) is 23.7 Å². The molecule has 18 heteroatoms. The third kappa shape index (κ3) is 15.1. The summed E-state index contributed by atoms with van der Waals surface area (Å²) in [5.74, 6) is -2.72. The van der Waals surface area contributed by atoms with E-state index in [0.29, 0.717) is 19.3 Å². The van der Waals surface area contributed by atoms with Gasteiger partial charge in [-0.05, 0) is 112 Å². The van der Waals surface area contributed by atoms with Crippen molar-refractivity contribution >= 4 is 11.8 Å². The highest BCUT2D eigenvalue weighted by Crippen LogP contribution is 2.38. The molecule has 5 N–H and O–H groups in total. The molecule has 4 saturated heterocycles.